The van der Waals surface area contributed by atoms with E-state index in [1.165, 1.54) is 38.4 Å². The van der Waals surface area contributed by atoms with Gasteiger partial charge in [0.1, 0.15) is 4.90 Å². The van der Waals surface area contributed by atoms with Crippen molar-refractivity contribution >= 4 is 31.4 Å². The predicted molar refractivity (Wildman–Crippen MR) is 111 cm³/mol. The van der Waals surface area contributed by atoms with E-state index in [0.29, 0.717) is 11.4 Å². The Labute approximate surface area is 167 Å². The lowest BCUT2D eigenvalue weighted by Gasteiger charge is -2.30. The van der Waals surface area contributed by atoms with Gasteiger partial charge in [-0.25, -0.2) is 21.1 Å². The van der Waals surface area contributed by atoms with Crippen LogP contribution in [0.2, 0.25) is 0 Å². The molecule has 0 bridgehead atoms. The first-order valence-corrected chi connectivity index (χ1v) is 12.0. The van der Waals surface area contributed by atoms with Crippen molar-refractivity contribution in [2.45, 2.75) is 29.1 Å². The van der Waals surface area contributed by atoms with Crippen LogP contribution in [0.5, 0.6) is 0 Å². The smallest absolute Gasteiger partial charge is 0.263 e. The fourth-order valence-corrected chi connectivity index (χ4v) is 5.38. The summed E-state index contributed by atoms with van der Waals surface area (Å²) in [5.41, 5.74) is 1.01. The van der Waals surface area contributed by atoms with Gasteiger partial charge in [0, 0.05) is 32.9 Å². The Morgan fingerprint density at radius 2 is 1.46 bits per heavy atom. The summed E-state index contributed by atoms with van der Waals surface area (Å²) < 4.78 is 54.0. The van der Waals surface area contributed by atoms with Crippen LogP contribution < -0.4 is 9.62 Å². The van der Waals surface area contributed by atoms with Gasteiger partial charge in [0.15, 0.2) is 0 Å². The first-order chi connectivity index (χ1) is 13.2. The minimum absolute atomic E-state index is 0.106. The van der Waals surface area contributed by atoms with Gasteiger partial charge in [-0.05, 0) is 55.7 Å². The molecule has 0 spiro atoms. The van der Waals surface area contributed by atoms with Crippen molar-refractivity contribution in [2.75, 3.05) is 36.8 Å². The van der Waals surface area contributed by atoms with Crippen molar-refractivity contribution in [2.24, 2.45) is 0 Å². The third-order valence-corrected chi connectivity index (χ3v) is 7.99. The van der Waals surface area contributed by atoms with E-state index >= 15 is 0 Å². The quantitative estimate of drug-likeness (QED) is 0.772. The van der Waals surface area contributed by atoms with E-state index in [-0.39, 0.29) is 9.79 Å². The van der Waals surface area contributed by atoms with Crippen molar-refractivity contribution in [3.63, 3.8) is 0 Å². The van der Waals surface area contributed by atoms with Crippen molar-refractivity contribution in [3.8, 4) is 0 Å². The lowest BCUT2D eigenvalue weighted by molar-refractivity contribution is 0.521. The summed E-state index contributed by atoms with van der Waals surface area (Å²) >= 11 is 0. The molecule has 1 fully saturated rings. The number of anilines is 2. The van der Waals surface area contributed by atoms with E-state index in [9.17, 15) is 16.8 Å². The van der Waals surface area contributed by atoms with Gasteiger partial charge in [-0.2, -0.15) is 0 Å². The number of hydrogen-bond donors (Lipinski definition) is 1. The first-order valence-electron chi connectivity index (χ1n) is 9.11. The number of piperidine rings is 1. The number of nitrogens with zero attached hydrogens (tertiary/aromatic N) is 2. The summed E-state index contributed by atoms with van der Waals surface area (Å²) in [6, 6.07) is 12.7. The summed E-state index contributed by atoms with van der Waals surface area (Å²) in [5.74, 6) is 0. The molecule has 2 aromatic carbocycles. The second kappa shape index (κ2) is 8.10. The van der Waals surface area contributed by atoms with Crippen molar-refractivity contribution in [1.82, 2.24) is 4.31 Å². The number of para-hydroxylation sites is 1. The molecular weight excluding hydrogens is 398 g/mol. The maximum absolute atomic E-state index is 13.0. The third kappa shape index (κ3) is 4.31. The molecule has 1 heterocycles. The molecule has 1 aliphatic heterocycles. The summed E-state index contributed by atoms with van der Waals surface area (Å²) in [7, 11) is -4.48. The van der Waals surface area contributed by atoms with E-state index in [1.807, 2.05) is 12.1 Å². The molecule has 1 saturated heterocycles. The number of rotatable bonds is 6. The lowest BCUT2D eigenvalue weighted by atomic mass is 10.1. The van der Waals surface area contributed by atoms with Gasteiger partial charge in [0.2, 0.25) is 10.0 Å². The topological polar surface area (TPSA) is 86.8 Å². The highest BCUT2D eigenvalue weighted by atomic mass is 32.2. The van der Waals surface area contributed by atoms with Gasteiger partial charge in [-0.3, -0.25) is 4.72 Å². The van der Waals surface area contributed by atoms with E-state index in [4.69, 9.17) is 0 Å². The number of nitrogens with one attached hydrogen (secondary N) is 1. The molecule has 0 unspecified atom stereocenters. The molecule has 1 aliphatic rings. The van der Waals surface area contributed by atoms with Gasteiger partial charge < -0.3 is 4.90 Å². The number of benzene rings is 2. The van der Waals surface area contributed by atoms with Crippen LogP contribution in [-0.2, 0) is 20.0 Å². The van der Waals surface area contributed by atoms with Crippen LogP contribution in [0.15, 0.2) is 58.3 Å². The van der Waals surface area contributed by atoms with Crippen LogP contribution in [0.4, 0.5) is 11.4 Å². The Bertz CT molecular complexity index is 1030. The van der Waals surface area contributed by atoms with Crippen LogP contribution in [-0.4, -0.2) is 48.3 Å². The van der Waals surface area contributed by atoms with E-state index in [1.54, 1.807) is 12.1 Å². The summed E-state index contributed by atoms with van der Waals surface area (Å²) in [5, 5.41) is 0. The first kappa shape index (κ1) is 20.6. The highest BCUT2D eigenvalue weighted by molar-refractivity contribution is 7.93. The summed E-state index contributed by atoms with van der Waals surface area (Å²) in [6.07, 6.45) is 3.25. The zero-order valence-corrected chi connectivity index (χ0v) is 17.6. The van der Waals surface area contributed by atoms with Crippen molar-refractivity contribution < 1.29 is 16.8 Å². The van der Waals surface area contributed by atoms with E-state index < -0.39 is 20.0 Å². The molecule has 2 aromatic rings. The van der Waals surface area contributed by atoms with E-state index in [2.05, 4.69) is 9.62 Å². The SMILES string of the molecule is CN(C)S(=O)(=O)c1ccc(NS(=O)(=O)c2ccccc2N2CCCCC2)cc1. The summed E-state index contributed by atoms with van der Waals surface area (Å²) in [6.45, 7) is 1.67. The highest BCUT2D eigenvalue weighted by Gasteiger charge is 2.23. The zero-order valence-electron chi connectivity index (χ0n) is 16.0. The van der Waals surface area contributed by atoms with Gasteiger partial charge in [0.25, 0.3) is 10.0 Å². The average molecular weight is 424 g/mol. The second-order valence-corrected chi connectivity index (χ2v) is 10.7. The lowest BCUT2D eigenvalue weighted by Crippen LogP contribution is -2.31. The molecule has 0 saturated carbocycles. The monoisotopic (exact) mass is 423 g/mol. The van der Waals surface area contributed by atoms with Gasteiger partial charge >= 0.3 is 0 Å². The average Bonchev–Trinajstić information content (AvgIpc) is 2.68. The van der Waals surface area contributed by atoms with E-state index in [0.717, 1.165) is 36.7 Å². The van der Waals surface area contributed by atoms with Gasteiger partial charge in [0.05, 0.1) is 10.6 Å². The Morgan fingerprint density at radius 3 is 2.07 bits per heavy atom. The molecule has 0 amide bonds. The van der Waals surface area contributed by atoms with Crippen LogP contribution in [0.3, 0.4) is 0 Å². The minimum Gasteiger partial charge on any atom is -0.370 e. The Morgan fingerprint density at radius 1 is 0.857 bits per heavy atom. The fraction of sp³-hybridized carbons (Fsp3) is 0.368. The molecule has 9 heteroatoms. The number of sulfonamides is 2. The standard InChI is InChI=1S/C19H25N3O4S2/c1-21(2)28(25,26)17-12-10-16(11-13-17)20-27(23,24)19-9-5-4-8-18(19)22-14-6-3-7-15-22/h4-5,8-13,20H,3,6-7,14-15H2,1-2H3. The molecule has 7 nitrogen and oxygen atoms in total. The molecule has 0 aliphatic carbocycles. The summed E-state index contributed by atoms with van der Waals surface area (Å²) in [4.78, 5) is 2.43. The Kier molecular flexibility index (Phi) is 5.97. The zero-order chi connectivity index (χ0) is 20.4. The Hall–Kier alpha value is -2.10. The van der Waals surface area contributed by atoms with Crippen LogP contribution >= 0.6 is 0 Å². The molecule has 0 radical (unpaired) electrons. The Balaban J connectivity index is 1.87. The van der Waals surface area contributed by atoms with Crippen LogP contribution in [0, 0.1) is 0 Å². The normalized spacial score (nSPS) is 15.6. The van der Waals surface area contributed by atoms with Crippen molar-refractivity contribution in [3.05, 3.63) is 48.5 Å². The molecular formula is C19H25N3O4S2. The van der Waals surface area contributed by atoms with Crippen molar-refractivity contribution in [1.29, 1.82) is 0 Å². The maximum Gasteiger partial charge on any atom is 0.263 e. The highest BCUT2D eigenvalue weighted by Crippen LogP contribution is 2.29. The fourth-order valence-electron chi connectivity index (χ4n) is 3.20. The molecule has 152 valence electrons. The molecule has 0 atom stereocenters. The largest absolute Gasteiger partial charge is 0.370 e. The van der Waals surface area contributed by atoms with Crippen LogP contribution in [0.1, 0.15) is 19.3 Å². The molecule has 1 N–H and O–H groups in total. The van der Waals surface area contributed by atoms with Gasteiger partial charge in [-0.1, -0.05) is 12.1 Å². The molecule has 3 rings (SSSR count). The maximum atomic E-state index is 13.0. The van der Waals surface area contributed by atoms with Gasteiger partial charge in [-0.15, -0.1) is 0 Å². The molecule has 0 aromatic heterocycles. The number of hydrogen-bond acceptors (Lipinski definition) is 5. The minimum atomic E-state index is -3.81. The third-order valence-electron chi connectivity index (χ3n) is 4.74. The molecule has 28 heavy (non-hydrogen) atoms. The second-order valence-electron chi connectivity index (χ2n) is 6.93. The van der Waals surface area contributed by atoms with Crippen LogP contribution in [0.25, 0.3) is 0 Å². The predicted octanol–water partition coefficient (Wildman–Crippen LogP) is 2.73.